The molecule has 1 heterocycles. The Hall–Kier alpha value is -0.830. The van der Waals surface area contributed by atoms with Crippen molar-refractivity contribution in [2.75, 3.05) is 6.54 Å². The maximum absolute atomic E-state index is 4.62. The van der Waals surface area contributed by atoms with Crippen molar-refractivity contribution in [3.05, 3.63) is 18.2 Å². The highest BCUT2D eigenvalue weighted by Crippen LogP contribution is 2.28. The van der Waals surface area contributed by atoms with Crippen LogP contribution in [0.5, 0.6) is 0 Å². The molecule has 3 nitrogen and oxygen atoms in total. The van der Waals surface area contributed by atoms with E-state index in [0.29, 0.717) is 12.0 Å². The summed E-state index contributed by atoms with van der Waals surface area (Å²) in [5.41, 5.74) is 0. The van der Waals surface area contributed by atoms with Crippen molar-refractivity contribution in [1.82, 2.24) is 14.9 Å². The summed E-state index contributed by atoms with van der Waals surface area (Å²) in [5, 5.41) is 3.72. The first-order chi connectivity index (χ1) is 9.28. The second kappa shape index (κ2) is 9.13. The van der Waals surface area contributed by atoms with Crippen LogP contribution in [0.4, 0.5) is 0 Å². The molecule has 0 fully saturated rings. The Bertz CT molecular complexity index is 332. The van der Waals surface area contributed by atoms with E-state index in [1.807, 2.05) is 6.20 Å². The lowest BCUT2D eigenvalue weighted by atomic mass is 9.90. The quantitative estimate of drug-likeness (QED) is 0.688. The molecule has 0 amide bonds. The molecule has 0 spiro atoms. The highest BCUT2D eigenvalue weighted by atomic mass is 15.1. The Labute approximate surface area is 118 Å². The number of unbranched alkanes of at least 4 members (excludes halogenated alkanes) is 1. The Kier molecular flexibility index (Phi) is 7.80. The number of hydrogen-bond donors (Lipinski definition) is 1. The molecule has 0 radical (unpaired) electrons. The lowest BCUT2D eigenvalue weighted by Gasteiger charge is -2.27. The largest absolute Gasteiger partial charge is 0.334 e. The topological polar surface area (TPSA) is 29.9 Å². The maximum atomic E-state index is 4.62. The minimum absolute atomic E-state index is 0.409. The fourth-order valence-corrected chi connectivity index (χ4v) is 2.71. The van der Waals surface area contributed by atoms with Gasteiger partial charge in [-0.25, -0.2) is 4.98 Å². The van der Waals surface area contributed by atoms with Crippen LogP contribution >= 0.6 is 0 Å². The van der Waals surface area contributed by atoms with E-state index in [0.717, 1.165) is 13.1 Å². The summed E-state index contributed by atoms with van der Waals surface area (Å²) in [5.74, 6) is 1.91. The van der Waals surface area contributed by atoms with Crippen LogP contribution in [0.3, 0.4) is 0 Å². The maximum Gasteiger partial charge on any atom is 0.126 e. The Morgan fingerprint density at radius 3 is 2.58 bits per heavy atom. The van der Waals surface area contributed by atoms with Crippen molar-refractivity contribution in [3.8, 4) is 0 Å². The molecule has 1 N–H and O–H groups in total. The molecule has 1 aromatic rings. The van der Waals surface area contributed by atoms with Gasteiger partial charge in [-0.15, -0.1) is 0 Å². The van der Waals surface area contributed by atoms with Crippen LogP contribution in [-0.4, -0.2) is 16.1 Å². The summed E-state index contributed by atoms with van der Waals surface area (Å²) in [4.78, 5) is 4.62. The first kappa shape index (κ1) is 16.2. The average Bonchev–Trinajstić information content (AvgIpc) is 2.90. The van der Waals surface area contributed by atoms with E-state index < -0.39 is 0 Å². The second-order valence-electron chi connectivity index (χ2n) is 5.31. The number of aryl methyl sites for hydroxylation is 1. The number of nitrogens with one attached hydrogen (secondary N) is 1. The van der Waals surface area contributed by atoms with E-state index in [9.17, 15) is 0 Å². The molecule has 1 rings (SSSR count). The van der Waals surface area contributed by atoms with Gasteiger partial charge in [-0.2, -0.15) is 0 Å². The van der Waals surface area contributed by atoms with Crippen molar-refractivity contribution in [3.63, 3.8) is 0 Å². The van der Waals surface area contributed by atoms with Crippen molar-refractivity contribution in [2.45, 2.75) is 72.4 Å². The van der Waals surface area contributed by atoms with Gasteiger partial charge in [0.2, 0.25) is 0 Å². The lowest BCUT2D eigenvalue weighted by Crippen LogP contribution is -2.31. The summed E-state index contributed by atoms with van der Waals surface area (Å²) in [6.45, 7) is 11.1. The normalized spacial score (nSPS) is 14.5. The predicted molar refractivity (Wildman–Crippen MR) is 82.2 cm³/mol. The first-order valence-electron chi connectivity index (χ1n) is 8.02. The zero-order valence-electron chi connectivity index (χ0n) is 13.2. The number of nitrogens with zero attached hydrogens (tertiary/aromatic N) is 2. The van der Waals surface area contributed by atoms with Crippen molar-refractivity contribution in [2.24, 2.45) is 5.92 Å². The van der Waals surface area contributed by atoms with Gasteiger partial charge in [0.15, 0.2) is 0 Å². The summed E-state index contributed by atoms with van der Waals surface area (Å²) < 4.78 is 2.28. The standard InChI is InChI=1S/C16H31N3/c1-5-9-10-14(7-3)15(17-11-6-2)16-18-12-13-19(16)8-4/h12-15,17H,5-11H2,1-4H3. The molecule has 0 saturated carbocycles. The monoisotopic (exact) mass is 265 g/mol. The van der Waals surface area contributed by atoms with Gasteiger partial charge in [-0.1, -0.05) is 40.0 Å². The SMILES string of the molecule is CCCCC(CC)C(NCCC)c1nccn1CC. The molecule has 0 bridgehead atoms. The van der Waals surface area contributed by atoms with Crippen LogP contribution in [0.1, 0.15) is 71.7 Å². The van der Waals surface area contributed by atoms with Crippen LogP contribution in [-0.2, 0) is 6.54 Å². The zero-order chi connectivity index (χ0) is 14.1. The van der Waals surface area contributed by atoms with Crippen molar-refractivity contribution < 1.29 is 0 Å². The van der Waals surface area contributed by atoms with E-state index >= 15 is 0 Å². The summed E-state index contributed by atoms with van der Waals surface area (Å²) in [6, 6.07) is 0.409. The van der Waals surface area contributed by atoms with Gasteiger partial charge in [-0.3, -0.25) is 0 Å². The predicted octanol–water partition coefficient (Wildman–Crippen LogP) is 4.16. The van der Waals surface area contributed by atoms with Crippen LogP contribution in [0.15, 0.2) is 12.4 Å². The number of hydrogen-bond acceptors (Lipinski definition) is 2. The van der Waals surface area contributed by atoms with E-state index in [2.05, 4.69) is 48.8 Å². The van der Waals surface area contributed by atoms with E-state index in [-0.39, 0.29) is 0 Å². The molecule has 1 aromatic heterocycles. The van der Waals surface area contributed by atoms with Crippen molar-refractivity contribution in [1.29, 1.82) is 0 Å². The molecule has 3 heteroatoms. The molecule has 0 aliphatic carbocycles. The molecular weight excluding hydrogens is 234 g/mol. The van der Waals surface area contributed by atoms with Gasteiger partial charge in [0.1, 0.15) is 5.82 Å². The average molecular weight is 265 g/mol. The third-order valence-electron chi connectivity index (χ3n) is 3.91. The van der Waals surface area contributed by atoms with Gasteiger partial charge in [0.25, 0.3) is 0 Å². The number of aromatic nitrogens is 2. The van der Waals surface area contributed by atoms with Gasteiger partial charge in [-0.05, 0) is 32.2 Å². The second-order valence-corrected chi connectivity index (χ2v) is 5.31. The van der Waals surface area contributed by atoms with Gasteiger partial charge in [0.05, 0.1) is 6.04 Å². The molecule has 110 valence electrons. The molecule has 0 saturated heterocycles. The number of imidazole rings is 1. The molecule has 2 atom stereocenters. The lowest BCUT2D eigenvalue weighted by molar-refractivity contribution is 0.305. The minimum atomic E-state index is 0.409. The summed E-state index contributed by atoms with van der Waals surface area (Å²) >= 11 is 0. The van der Waals surface area contributed by atoms with E-state index in [1.54, 1.807) is 0 Å². The molecule has 19 heavy (non-hydrogen) atoms. The molecule has 0 aromatic carbocycles. The molecular formula is C16H31N3. The summed E-state index contributed by atoms with van der Waals surface area (Å²) in [7, 11) is 0. The van der Waals surface area contributed by atoms with Crippen LogP contribution in [0.2, 0.25) is 0 Å². The fraction of sp³-hybridized carbons (Fsp3) is 0.812. The molecule has 0 aliphatic heterocycles. The number of rotatable bonds is 10. The highest BCUT2D eigenvalue weighted by Gasteiger charge is 2.24. The summed E-state index contributed by atoms with van der Waals surface area (Å²) in [6.07, 6.45) is 10.3. The van der Waals surface area contributed by atoms with Crippen molar-refractivity contribution >= 4 is 0 Å². The molecule has 0 aliphatic rings. The fourth-order valence-electron chi connectivity index (χ4n) is 2.71. The van der Waals surface area contributed by atoms with Gasteiger partial charge in [0, 0.05) is 18.9 Å². The van der Waals surface area contributed by atoms with Crippen LogP contribution in [0, 0.1) is 5.92 Å². The highest BCUT2D eigenvalue weighted by molar-refractivity contribution is 5.01. The van der Waals surface area contributed by atoms with E-state index in [4.69, 9.17) is 0 Å². The van der Waals surface area contributed by atoms with Crippen LogP contribution < -0.4 is 5.32 Å². The third-order valence-corrected chi connectivity index (χ3v) is 3.91. The van der Waals surface area contributed by atoms with Crippen LogP contribution in [0.25, 0.3) is 0 Å². The molecule has 2 unspecified atom stereocenters. The smallest absolute Gasteiger partial charge is 0.126 e. The Morgan fingerprint density at radius 2 is 2.00 bits per heavy atom. The first-order valence-corrected chi connectivity index (χ1v) is 8.02. The Morgan fingerprint density at radius 1 is 1.21 bits per heavy atom. The zero-order valence-corrected chi connectivity index (χ0v) is 13.2. The van der Waals surface area contributed by atoms with E-state index in [1.165, 1.54) is 37.9 Å². The Balaban J connectivity index is 2.85. The minimum Gasteiger partial charge on any atom is -0.334 e. The van der Waals surface area contributed by atoms with Gasteiger partial charge >= 0.3 is 0 Å². The third kappa shape index (κ3) is 4.64. The van der Waals surface area contributed by atoms with Gasteiger partial charge < -0.3 is 9.88 Å².